The average Bonchev–Trinajstić information content (AvgIpc) is 2.38. The fourth-order valence-corrected chi connectivity index (χ4v) is 3.53. The quantitative estimate of drug-likeness (QED) is 0.799. The number of carbonyl (C=O) groups is 1. The highest BCUT2D eigenvalue weighted by Crippen LogP contribution is 2.33. The van der Waals surface area contributed by atoms with E-state index in [1.165, 1.54) is 20.0 Å². The number of hydrogen-bond acceptors (Lipinski definition) is 4. The monoisotopic (exact) mass is 269 g/mol. The van der Waals surface area contributed by atoms with Crippen LogP contribution in [0.15, 0.2) is 0 Å². The van der Waals surface area contributed by atoms with E-state index in [9.17, 15) is 4.79 Å². The maximum Gasteiger partial charge on any atom is 0.325 e. The van der Waals surface area contributed by atoms with Crippen molar-refractivity contribution >= 4 is 5.97 Å². The van der Waals surface area contributed by atoms with Crippen LogP contribution < -0.4 is 5.73 Å². The van der Waals surface area contributed by atoms with Crippen LogP contribution in [0, 0.1) is 5.92 Å². The Bertz CT molecular complexity index is 321. The molecule has 2 aliphatic carbocycles. The minimum atomic E-state index is -0.835. The van der Waals surface area contributed by atoms with E-state index in [1.54, 1.807) is 0 Å². The van der Waals surface area contributed by atoms with Gasteiger partial charge in [0.1, 0.15) is 5.54 Å². The minimum absolute atomic E-state index is 0.119. The number of ether oxygens (including phenoxy) is 2. The molecule has 0 aliphatic heterocycles. The largest absolute Gasteiger partial charge is 0.468 e. The van der Waals surface area contributed by atoms with E-state index in [1.807, 2.05) is 0 Å². The van der Waals surface area contributed by atoms with Crippen molar-refractivity contribution in [3.8, 4) is 0 Å². The molecule has 110 valence electrons. The zero-order chi connectivity index (χ0) is 13.9. The van der Waals surface area contributed by atoms with Crippen LogP contribution in [-0.2, 0) is 14.3 Å². The lowest BCUT2D eigenvalue weighted by molar-refractivity contribution is -0.152. The Morgan fingerprint density at radius 3 is 2.63 bits per heavy atom. The molecule has 0 heterocycles. The Morgan fingerprint density at radius 2 is 1.95 bits per heavy atom. The van der Waals surface area contributed by atoms with Gasteiger partial charge in [0.05, 0.1) is 19.3 Å². The lowest BCUT2D eigenvalue weighted by Crippen LogP contribution is -2.53. The summed E-state index contributed by atoms with van der Waals surface area (Å²) in [6.07, 6.45) is 8.60. The Hall–Kier alpha value is -0.610. The van der Waals surface area contributed by atoms with Crippen LogP contribution in [0.2, 0.25) is 0 Å². The molecule has 4 atom stereocenters. The highest BCUT2D eigenvalue weighted by Gasteiger charge is 2.41. The molecule has 4 unspecified atom stereocenters. The van der Waals surface area contributed by atoms with Crippen LogP contribution in [0.5, 0.6) is 0 Å². The lowest BCUT2D eigenvalue weighted by atomic mass is 9.80. The third kappa shape index (κ3) is 3.69. The van der Waals surface area contributed by atoms with Crippen molar-refractivity contribution in [2.24, 2.45) is 11.7 Å². The van der Waals surface area contributed by atoms with Gasteiger partial charge in [-0.2, -0.15) is 0 Å². The van der Waals surface area contributed by atoms with E-state index >= 15 is 0 Å². The summed E-state index contributed by atoms with van der Waals surface area (Å²) < 4.78 is 11.0. The molecule has 0 radical (unpaired) electrons. The normalized spacial score (nSPS) is 39.8. The second kappa shape index (κ2) is 6.23. The molecule has 2 saturated carbocycles. The van der Waals surface area contributed by atoms with Crippen molar-refractivity contribution in [1.29, 1.82) is 0 Å². The maximum absolute atomic E-state index is 11.8. The molecule has 4 heteroatoms. The van der Waals surface area contributed by atoms with Gasteiger partial charge in [-0.3, -0.25) is 4.79 Å². The highest BCUT2D eigenvalue weighted by molar-refractivity contribution is 5.80. The number of esters is 1. The molecule has 2 N–H and O–H groups in total. The number of carbonyl (C=O) groups excluding carboxylic acids is 1. The van der Waals surface area contributed by atoms with E-state index in [2.05, 4.69) is 6.92 Å². The Balaban J connectivity index is 1.88. The maximum atomic E-state index is 11.8. The first-order valence-corrected chi connectivity index (χ1v) is 7.56. The predicted molar refractivity (Wildman–Crippen MR) is 73.7 cm³/mol. The SMILES string of the molecule is COC(=O)C1(N)CCCC(OC2CCCC(C)C2)C1. The fourth-order valence-electron chi connectivity index (χ4n) is 3.53. The van der Waals surface area contributed by atoms with Crippen molar-refractivity contribution in [1.82, 2.24) is 0 Å². The first-order valence-electron chi connectivity index (χ1n) is 7.56. The van der Waals surface area contributed by atoms with Gasteiger partial charge in [0, 0.05) is 6.42 Å². The zero-order valence-corrected chi connectivity index (χ0v) is 12.2. The van der Waals surface area contributed by atoms with E-state index in [-0.39, 0.29) is 12.1 Å². The van der Waals surface area contributed by atoms with Crippen LogP contribution in [0.1, 0.15) is 58.3 Å². The molecule has 4 nitrogen and oxygen atoms in total. The standard InChI is InChI=1S/C15H27NO3/c1-11-5-3-6-12(9-11)19-13-7-4-8-15(16,10-13)14(17)18-2/h11-13H,3-10,16H2,1-2H3. The molecule has 2 rings (SSSR count). The van der Waals surface area contributed by atoms with Gasteiger partial charge in [0.25, 0.3) is 0 Å². The molecular weight excluding hydrogens is 242 g/mol. The third-order valence-electron chi connectivity index (χ3n) is 4.61. The first-order chi connectivity index (χ1) is 9.03. The van der Waals surface area contributed by atoms with Crippen LogP contribution in [-0.4, -0.2) is 30.8 Å². The number of rotatable bonds is 3. The molecule has 0 aromatic carbocycles. The van der Waals surface area contributed by atoms with E-state index in [0.717, 1.165) is 31.6 Å². The summed E-state index contributed by atoms with van der Waals surface area (Å²) in [6, 6.07) is 0. The van der Waals surface area contributed by atoms with Gasteiger partial charge in [0.2, 0.25) is 0 Å². The van der Waals surface area contributed by atoms with Gasteiger partial charge >= 0.3 is 5.97 Å². The first kappa shape index (κ1) is 14.8. The summed E-state index contributed by atoms with van der Waals surface area (Å²) in [5.74, 6) is 0.461. The lowest BCUT2D eigenvalue weighted by Gasteiger charge is -2.38. The molecular formula is C15H27NO3. The van der Waals surface area contributed by atoms with Crippen molar-refractivity contribution < 1.29 is 14.3 Å². The van der Waals surface area contributed by atoms with Crippen molar-refractivity contribution in [3.63, 3.8) is 0 Å². The van der Waals surface area contributed by atoms with E-state index in [4.69, 9.17) is 15.2 Å². The molecule has 0 amide bonds. The summed E-state index contributed by atoms with van der Waals surface area (Å²) in [7, 11) is 1.41. The average molecular weight is 269 g/mol. The Kier molecular flexibility index (Phi) is 4.85. The van der Waals surface area contributed by atoms with Crippen LogP contribution in [0.4, 0.5) is 0 Å². The Labute approximate surface area is 116 Å². The predicted octanol–water partition coefficient (Wildman–Crippen LogP) is 2.39. The summed E-state index contributed by atoms with van der Waals surface area (Å²) >= 11 is 0. The van der Waals surface area contributed by atoms with Crippen LogP contribution in [0.25, 0.3) is 0 Å². The fraction of sp³-hybridized carbons (Fsp3) is 0.933. The summed E-state index contributed by atoms with van der Waals surface area (Å²) in [5.41, 5.74) is 5.35. The molecule has 0 aromatic rings. The minimum Gasteiger partial charge on any atom is -0.468 e. The third-order valence-corrected chi connectivity index (χ3v) is 4.61. The second-order valence-electron chi connectivity index (χ2n) is 6.40. The van der Waals surface area contributed by atoms with E-state index in [0.29, 0.717) is 18.9 Å². The van der Waals surface area contributed by atoms with Crippen LogP contribution >= 0.6 is 0 Å². The van der Waals surface area contributed by atoms with Crippen molar-refractivity contribution in [3.05, 3.63) is 0 Å². The molecule has 2 fully saturated rings. The molecule has 0 bridgehead atoms. The number of methoxy groups -OCH3 is 1. The molecule has 0 saturated heterocycles. The van der Waals surface area contributed by atoms with Crippen molar-refractivity contribution in [2.75, 3.05) is 7.11 Å². The molecule has 2 aliphatic rings. The molecule has 0 spiro atoms. The summed E-state index contributed by atoms with van der Waals surface area (Å²) in [4.78, 5) is 11.8. The molecule has 19 heavy (non-hydrogen) atoms. The van der Waals surface area contributed by atoms with Gasteiger partial charge in [-0.05, 0) is 38.0 Å². The zero-order valence-electron chi connectivity index (χ0n) is 12.2. The Morgan fingerprint density at radius 1 is 1.21 bits per heavy atom. The van der Waals surface area contributed by atoms with Crippen LogP contribution in [0.3, 0.4) is 0 Å². The topological polar surface area (TPSA) is 61.5 Å². The van der Waals surface area contributed by atoms with E-state index < -0.39 is 5.54 Å². The number of hydrogen-bond donors (Lipinski definition) is 1. The van der Waals surface area contributed by atoms with Gasteiger partial charge < -0.3 is 15.2 Å². The van der Waals surface area contributed by atoms with Crippen molar-refractivity contribution in [2.45, 2.75) is 76.0 Å². The molecule has 0 aromatic heterocycles. The van der Waals surface area contributed by atoms with Gasteiger partial charge in [-0.15, -0.1) is 0 Å². The van der Waals surface area contributed by atoms with Gasteiger partial charge in [-0.1, -0.05) is 19.8 Å². The second-order valence-corrected chi connectivity index (χ2v) is 6.40. The van der Waals surface area contributed by atoms with Gasteiger partial charge in [0.15, 0.2) is 0 Å². The highest BCUT2D eigenvalue weighted by atomic mass is 16.5. The van der Waals surface area contributed by atoms with Gasteiger partial charge in [-0.25, -0.2) is 0 Å². The summed E-state index contributed by atoms with van der Waals surface area (Å²) in [5, 5.41) is 0. The smallest absolute Gasteiger partial charge is 0.325 e. The summed E-state index contributed by atoms with van der Waals surface area (Å²) in [6.45, 7) is 2.29. The number of nitrogens with two attached hydrogens (primary N) is 1.